The average molecular weight is 738 g/mol. The van der Waals surface area contributed by atoms with Gasteiger partial charge in [0, 0.05) is 57.0 Å². The molecule has 256 valence electrons. The third-order valence-electron chi connectivity index (χ3n) is 10.7. The summed E-state index contributed by atoms with van der Waals surface area (Å²) in [6.07, 6.45) is 0. The van der Waals surface area contributed by atoms with Crippen molar-refractivity contribution in [3.8, 4) is 56.4 Å². The van der Waals surface area contributed by atoms with Gasteiger partial charge >= 0.3 is 0 Å². The lowest BCUT2D eigenvalue weighted by Crippen LogP contribution is -2.00. The normalized spacial score (nSPS) is 12.0. The summed E-state index contributed by atoms with van der Waals surface area (Å²) in [4.78, 5) is 15.8. The van der Waals surface area contributed by atoms with Crippen LogP contribution in [-0.2, 0) is 0 Å². The van der Waals surface area contributed by atoms with E-state index in [1.165, 1.54) is 46.4 Å². The molecule has 0 fully saturated rings. The Hall–Kier alpha value is -6.73. The van der Waals surface area contributed by atoms with Crippen LogP contribution in [0.15, 0.2) is 168 Å². The molecule has 0 aliphatic rings. The van der Waals surface area contributed by atoms with Crippen LogP contribution in [0.4, 0.5) is 0 Å². The molecule has 0 radical (unpaired) electrons. The van der Waals surface area contributed by atoms with Gasteiger partial charge in [-0.05, 0) is 75.5 Å². The lowest BCUT2D eigenvalue weighted by Gasteiger charge is -2.11. The first-order valence-corrected chi connectivity index (χ1v) is 19.9. The zero-order valence-electron chi connectivity index (χ0n) is 29.2. The summed E-state index contributed by atoms with van der Waals surface area (Å²) in [5.74, 6) is 1.93. The van der Waals surface area contributed by atoms with Crippen molar-refractivity contribution in [2.45, 2.75) is 0 Å². The largest absolute Gasteiger partial charge is 0.456 e. The van der Waals surface area contributed by atoms with Crippen molar-refractivity contribution in [2.24, 2.45) is 0 Å². The second kappa shape index (κ2) is 11.9. The highest BCUT2D eigenvalue weighted by atomic mass is 32.1. The highest BCUT2D eigenvalue weighted by Crippen LogP contribution is 2.51. The van der Waals surface area contributed by atoms with Crippen LogP contribution in [0, 0.1) is 0 Å². The molecule has 6 heteroatoms. The maximum Gasteiger partial charge on any atom is 0.165 e. The lowest BCUT2D eigenvalue weighted by atomic mass is 10.0. The number of aromatic nitrogens is 3. The molecule has 0 bridgehead atoms. The van der Waals surface area contributed by atoms with Crippen molar-refractivity contribution in [2.75, 3.05) is 0 Å². The van der Waals surface area contributed by atoms with Gasteiger partial charge in [0.2, 0.25) is 0 Å². The number of hydrogen-bond acceptors (Lipinski definition) is 6. The maximum absolute atomic E-state index is 6.58. The summed E-state index contributed by atoms with van der Waals surface area (Å²) in [6, 6.07) is 57.5. The second-order valence-corrected chi connectivity index (χ2v) is 16.0. The van der Waals surface area contributed by atoms with Gasteiger partial charge in [-0.1, -0.05) is 121 Å². The molecule has 0 unspecified atom stereocenters. The molecule has 0 amide bonds. The van der Waals surface area contributed by atoms with Gasteiger partial charge in [-0.3, -0.25) is 0 Å². The van der Waals surface area contributed by atoms with Crippen LogP contribution in [0.2, 0.25) is 0 Å². The van der Waals surface area contributed by atoms with Crippen molar-refractivity contribution in [1.29, 1.82) is 0 Å². The molecule has 8 aromatic carbocycles. The summed E-state index contributed by atoms with van der Waals surface area (Å²) in [6.45, 7) is 0. The van der Waals surface area contributed by atoms with E-state index in [4.69, 9.17) is 19.4 Å². The Bertz CT molecular complexity index is 3330. The van der Waals surface area contributed by atoms with Crippen LogP contribution in [-0.4, -0.2) is 15.0 Å². The molecule has 0 spiro atoms. The van der Waals surface area contributed by atoms with E-state index < -0.39 is 0 Å². The van der Waals surface area contributed by atoms with Gasteiger partial charge in [0.05, 0.1) is 0 Å². The van der Waals surface area contributed by atoms with E-state index in [2.05, 4.69) is 152 Å². The highest BCUT2D eigenvalue weighted by Gasteiger charge is 2.24. The van der Waals surface area contributed by atoms with E-state index >= 15 is 0 Å². The van der Waals surface area contributed by atoms with E-state index in [9.17, 15) is 0 Å². The lowest BCUT2D eigenvalue weighted by molar-refractivity contribution is 0.670. The fourth-order valence-electron chi connectivity index (χ4n) is 8.14. The summed E-state index contributed by atoms with van der Waals surface area (Å²) in [5.41, 5.74) is 9.23. The quantitative estimate of drug-likeness (QED) is 0.176. The van der Waals surface area contributed by atoms with Crippen molar-refractivity contribution < 1.29 is 4.42 Å². The van der Waals surface area contributed by atoms with Gasteiger partial charge in [0.15, 0.2) is 17.5 Å². The van der Waals surface area contributed by atoms with Gasteiger partial charge in [-0.25, -0.2) is 15.0 Å². The molecule has 0 saturated heterocycles. The Morgan fingerprint density at radius 3 is 1.64 bits per heavy atom. The Balaban J connectivity index is 1.13. The highest BCUT2D eigenvalue weighted by molar-refractivity contribution is 7.29. The van der Waals surface area contributed by atoms with Crippen molar-refractivity contribution in [1.82, 2.24) is 15.0 Å². The number of thiophene rings is 1. The first kappa shape index (κ1) is 30.7. The third-order valence-corrected chi connectivity index (χ3v) is 13.1. The van der Waals surface area contributed by atoms with Gasteiger partial charge in [0.25, 0.3) is 0 Å². The molecular weight excluding hydrogens is 711 g/mol. The first-order valence-electron chi connectivity index (χ1n) is 18.3. The van der Waals surface area contributed by atoms with Gasteiger partial charge < -0.3 is 4.42 Å². The summed E-state index contributed by atoms with van der Waals surface area (Å²) < 4.78 is 11.4. The number of benzene rings is 8. The standard InChI is InChI=1S/C49H27N3OS2/c1-3-11-28(12-4-1)30-16-9-18-33(25-30)47-50-48(34-19-10-17-31(26-34)29-13-5-2-6-14-29)52-49(51-47)36-21-23-40-44-43-39(54-46(36)44)24-22-37-41(43)42-38(53-37)27-32-15-7-8-20-35(32)45(42)55-40/h1-27H. The Labute approximate surface area is 323 Å². The topological polar surface area (TPSA) is 51.8 Å². The zero-order valence-corrected chi connectivity index (χ0v) is 30.8. The summed E-state index contributed by atoms with van der Waals surface area (Å²) >= 11 is 3.65. The van der Waals surface area contributed by atoms with E-state index in [0.717, 1.165) is 54.8 Å². The zero-order chi connectivity index (χ0) is 36.0. The molecule has 4 aromatic heterocycles. The number of nitrogens with zero attached hydrogens (tertiary/aromatic N) is 3. The van der Waals surface area contributed by atoms with E-state index in [1.54, 1.807) is 11.3 Å². The van der Waals surface area contributed by atoms with Crippen LogP contribution < -0.4 is 0 Å². The summed E-state index contributed by atoms with van der Waals surface area (Å²) in [5, 5.41) is 7.29. The number of hydrogen-bond donors (Lipinski definition) is 0. The van der Waals surface area contributed by atoms with Gasteiger partial charge in [-0.15, -0.1) is 22.7 Å². The van der Waals surface area contributed by atoms with Crippen molar-refractivity contribution in [3.05, 3.63) is 164 Å². The molecule has 12 rings (SSSR count). The van der Waals surface area contributed by atoms with E-state index in [-0.39, 0.29) is 0 Å². The molecular formula is C49H27N3OS2. The maximum atomic E-state index is 6.58. The smallest absolute Gasteiger partial charge is 0.165 e. The Morgan fingerprint density at radius 2 is 0.927 bits per heavy atom. The van der Waals surface area contributed by atoms with Gasteiger partial charge in [0.1, 0.15) is 11.2 Å². The van der Waals surface area contributed by atoms with Crippen LogP contribution in [0.25, 0.3) is 119 Å². The van der Waals surface area contributed by atoms with E-state index in [1.807, 2.05) is 23.5 Å². The third kappa shape index (κ3) is 4.79. The minimum absolute atomic E-state index is 0.637. The fraction of sp³-hybridized carbons (Fsp3) is 0. The predicted molar refractivity (Wildman–Crippen MR) is 231 cm³/mol. The Kier molecular flexibility index (Phi) is 6.64. The van der Waals surface area contributed by atoms with Gasteiger partial charge in [-0.2, -0.15) is 0 Å². The monoisotopic (exact) mass is 737 g/mol. The first-order chi connectivity index (χ1) is 27.2. The SMILES string of the molecule is c1ccc(-c2cccc(-c3nc(-c4cccc(-c5ccccc5)c4)nc(-c4ccc5sc6c7ccccc7cc7oc8ccc9sc4c5c9c8c76)n3)c2)cc1. The second-order valence-electron chi connectivity index (χ2n) is 13.9. The number of rotatable bonds is 5. The number of furan rings is 1. The average Bonchev–Trinajstić information content (AvgIpc) is 3.78. The molecule has 0 atom stereocenters. The fourth-order valence-corrected chi connectivity index (χ4v) is 10.7. The molecule has 0 N–H and O–H groups in total. The van der Waals surface area contributed by atoms with Crippen molar-refractivity contribution in [3.63, 3.8) is 0 Å². The molecule has 4 nitrogen and oxygen atoms in total. The molecule has 0 aliphatic carbocycles. The molecule has 55 heavy (non-hydrogen) atoms. The predicted octanol–water partition coefficient (Wildman–Crippen LogP) is 14.3. The minimum atomic E-state index is 0.637. The van der Waals surface area contributed by atoms with Crippen LogP contribution >= 0.6 is 22.7 Å². The minimum Gasteiger partial charge on any atom is -0.456 e. The molecule has 12 aromatic rings. The molecule has 4 heterocycles. The van der Waals surface area contributed by atoms with Crippen molar-refractivity contribution >= 4 is 85.0 Å². The number of fused-ring (bicyclic) bond motifs is 2. The molecule has 0 aliphatic heterocycles. The summed E-state index contributed by atoms with van der Waals surface area (Å²) in [7, 11) is 0. The Morgan fingerprint density at radius 1 is 0.364 bits per heavy atom. The van der Waals surface area contributed by atoms with Crippen LogP contribution in [0.3, 0.4) is 0 Å². The van der Waals surface area contributed by atoms with Crippen LogP contribution in [0.5, 0.6) is 0 Å². The van der Waals surface area contributed by atoms with E-state index in [0.29, 0.717) is 17.5 Å². The van der Waals surface area contributed by atoms with Crippen LogP contribution in [0.1, 0.15) is 0 Å². The molecule has 0 saturated carbocycles.